The first-order valence-electron chi connectivity index (χ1n) is 7.22. The van der Waals surface area contributed by atoms with Crippen LogP contribution in [-0.4, -0.2) is 19.0 Å². The Labute approximate surface area is 152 Å². The van der Waals surface area contributed by atoms with E-state index < -0.39 is 0 Å². The highest BCUT2D eigenvalue weighted by Crippen LogP contribution is 2.31. The lowest BCUT2D eigenvalue weighted by molar-refractivity contribution is 0.102. The number of hydrogen-bond acceptors (Lipinski definition) is 2. The molecule has 0 aromatic heterocycles. The van der Waals surface area contributed by atoms with E-state index in [4.69, 9.17) is 0 Å². The molecule has 114 valence electrons. The number of halogens is 2. The molecule has 22 heavy (non-hydrogen) atoms. The van der Waals surface area contributed by atoms with Crippen LogP contribution < -0.4 is 10.2 Å². The van der Waals surface area contributed by atoms with Crippen molar-refractivity contribution in [3.63, 3.8) is 0 Å². The van der Waals surface area contributed by atoms with Crippen molar-refractivity contribution in [1.82, 2.24) is 0 Å². The molecule has 2 aromatic rings. The minimum atomic E-state index is -0.0771. The summed E-state index contributed by atoms with van der Waals surface area (Å²) < 4.78 is 1.85. The Morgan fingerprint density at radius 3 is 2.91 bits per heavy atom. The summed E-state index contributed by atoms with van der Waals surface area (Å²) in [5.74, 6) is -0.0771. The smallest absolute Gasteiger partial charge is 0.256 e. The summed E-state index contributed by atoms with van der Waals surface area (Å²) in [6.07, 6.45) is 1.08. The van der Waals surface area contributed by atoms with Crippen molar-refractivity contribution in [2.24, 2.45) is 0 Å². The first-order valence-corrected chi connectivity index (χ1v) is 9.10. The van der Waals surface area contributed by atoms with Gasteiger partial charge in [0.25, 0.3) is 5.91 Å². The standard InChI is InChI=1S/C17H16BrIN2O/c1-2-21-8-7-11-3-5-13(10-16(11)21)20-17(22)14-9-12(18)4-6-15(14)19/h3-6,9-10H,2,7-8H2,1H3,(H,20,22). The van der Waals surface area contributed by atoms with Crippen molar-refractivity contribution in [3.8, 4) is 0 Å². The number of nitrogens with one attached hydrogen (secondary N) is 1. The third kappa shape index (κ3) is 3.15. The second kappa shape index (κ2) is 6.58. The van der Waals surface area contributed by atoms with E-state index in [0.29, 0.717) is 5.56 Å². The van der Waals surface area contributed by atoms with Gasteiger partial charge in [0.2, 0.25) is 0 Å². The Morgan fingerprint density at radius 2 is 2.14 bits per heavy atom. The lowest BCUT2D eigenvalue weighted by Crippen LogP contribution is -2.19. The SMILES string of the molecule is CCN1CCc2ccc(NC(=O)c3cc(Br)ccc3I)cc21. The van der Waals surface area contributed by atoms with Crippen molar-refractivity contribution in [2.75, 3.05) is 23.3 Å². The predicted molar refractivity (Wildman–Crippen MR) is 103 cm³/mol. The molecule has 0 aliphatic carbocycles. The second-order valence-corrected chi connectivity index (χ2v) is 7.33. The van der Waals surface area contributed by atoms with Crippen LogP contribution >= 0.6 is 38.5 Å². The van der Waals surface area contributed by atoms with Gasteiger partial charge in [0.1, 0.15) is 0 Å². The Hall–Kier alpha value is -1.08. The van der Waals surface area contributed by atoms with E-state index in [1.54, 1.807) is 0 Å². The molecule has 3 rings (SSSR count). The van der Waals surface area contributed by atoms with Crippen molar-refractivity contribution < 1.29 is 4.79 Å². The van der Waals surface area contributed by atoms with Crippen molar-refractivity contribution in [3.05, 3.63) is 55.6 Å². The number of amides is 1. The van der Waals surface area contributed by atoms with Crippen molar-refractivity contribution in [2.45, 2.75) is 13.3 Å². The summed E-state index contributed by atoms with van der Waals surface area (Å²) in [6.45, 7) is 4.21. The zero-order chi connectivity index (χ0) is 15.7. The number of carbonyl (C=O) groups excluding carboxylic acids is 1. The Kier molecular flexibility index (Phi) is 4.73. The van der Waals surface area contributed by atoms with E-state index in [-0.39, 0.29) is 5.91 Å². The molecule has 0 radical (unpaired) electrons. The van der Waals surface area contributed by atoms with Crippen LogP contribution in [0.1, 0.15) is 22.8 Å². The molecule has 0 saturated carbocycles. The van der Waals surface area contributed by atoms with E-state index >= 15 is 0 Å². The molecule has 0 fully saturated rings. The molecule has 1 amide bonds. The van der Waals surface area contributed by atoms with Gasteiger partial charge in [-0.2, -0.15) is 0 Å². The maximum absolute atomic E-state index is 12.5. The zero-order valence-electron chi connectivity index (χ0n) is 12.2. The molecular weight excluding hydrogens is 455 g/mol. The molecule has 3 nitrogen and oxygen atoms in total. The van der Waals surface area contributed by atoms with Gasteiger partial charge in [-0.3, -0.25) is 4.79 Å². The summed E-state index contributed by atoms with van der Waals surface area (Å²) >= 11 is 5.60. The zero-order valence-corrected chi connectivity index (χ0v) is 15.9. The maximum atomic E-state index is 12.5. The minimum absolute atomic E-state index is 0.0771. The van der Waals surface area contributed by atoms with Gasteiger partial charge in [0.05, 0.1) is 5.56 Å². The average Bonchev–Trinajstić information content (AvgIpc) is 2.92. The van der Waals surface area contributed by atoms with E-state index in [9.17, 15) is 4.79 Å². The largest absolute Gasteiger partial charge is 0.371 e. The van der Waals surface area contributed by atoms with Crippen LogP contribution in [-0.2, 0) is 6.42 Å². The Bertz CT molecular complexity index is 733. The summed E-state index contributed by atoms with van der Waals surface area (Å²) in [5.41, 5.74) is 4.13. The van der Waals surface area contributed by atoms with E-state index in [0.717, 1.165) is 33.2 Å². The quantitative estimate of drug-likeness (QED) is 0.660. The molecule has 1 N–H and O–H groups in total. The highest BCUT2D eigenvalue weighted by atomic mass is 127. The van der Waals surface area contributed by atoms with E-state index in [1.807, 2.05) is 24.3 Å². The third-order valence-electron chi connectivity index (χ3n) is 3.89. The fraction of sp³-hybridized carbons (Fsp3) is 0.235. The van der Waals surface area contributed by atoms with Gasteiger partial charge in [-0.25, -0.2) is 0 Å². The van der Waals surface area contributed by atoms with Crippen LogP contribution in [0.15, 0.2) is 40.9 Å². The predicted octanol–water partition coefficient (Wildman–Crippen LogP) is 4.69. The molecule has 1 aliphatic heterocycles. The summed E-state index contributed by atoms with van der Waals surface area (Å²) in [4.78, 5) is 14.8. The first-order chi connectivity index (χ1) is 10.6. The molecule has 1 aliphatic rings. The number of nitrogens with zero attached hydrogens (tertiary/aromatic N) is 1. The number of hydrogen-bond donors (Lipinski definition) is 1. The Morgan fingerprint density at radius 1 is 1.32 bits per heavy atom. The average molecular weight is 471 g/mol. The van der Waals surface area contributed by atoms with Crippen molar-refractivity contribution >= 4 is 55.8 Å². The molecule has 0 spiro atoms. The lowest BCUT2D eigenvalue weighted by Gasteiger charge is -2.17. The number of anilines is 2. The summed E-state index contributed by atoms with van der Waals surface area (Å²) in [7, 11) is 0. The number of benzene rings is 2. The first kappa shape index (κ1) is 15.8. The molecular formula is C17H16BrIN2O. The van der Waals surface area contributed by atoms with Crippen LogP contribution in [0.5, 0.6) is 0 Å². The normalized spacial score (nSPS) is 13.1. The highest BCUT2D eigenvalue weighted by molar-refractivity contribution is 14.1. The van der Waals surface area contributed by atoms with Crippen LogP contribution in [0, 0.1) is 3.57 Å². The van der Waals surface area contributed by atoms with Crippen molar-refractivity contribution in [1.29, 1.82) is 0 Å². The van der Waals surface area contributed by atoms with Gasteiger partial charge in [-0.05, 0) is 71.8 Å². The summed E-state index contributed by atoms with van der Waals surface area (Å²) in [5, 5.41) is 3.01. The van der Waals surface area contributed by atoms with Gasteiger partial charge in [0, 0.05) is 32.5 Å². The van der Waals surface area contributed by atoms with E-state index in [2.05, 4.69) is 67.8 Å². The van der Waals surface area contributed by atoms with Crippen LogP contribution in [0.2, 0.25) is 0 Å². The second-order valence-electron chi connectivity index (χ2n) is 5.25. The van der Waals surface area contributed by atoms with Gasteiger partial charge in [-0.15, -0.1) is 0 Å². The summed E-state index contributed by atoms with van der Waals surface area (Å²) in [6, 6.07) is 11.9. The van der Waals surface area contributed by atoms with Crippen LogP contribution in [0.3, 0.4) is 0 Å². The fourth-order valence-corrected chi connectivity index (χ4v) is 3.66. The molecule has 0 bridgehead atoms. The number of rotatable bonds is 3. The molecule has 1 heterocycles. The lowest BCUT2D eigenvalue weighted by atomic mass is 10.1. The van der Waals surface area contributed by atoms with Crippen LogP contribution in [0.4, 0.5) is 11.4 Å². The van der Waals surface area contributed by atoms with Crippen LogP contribution in [0.25, 0.3) is 0 Å². The van der Waals surface area contributed by atoms with Gasteiger partial charge < -0.3 is 10.2 Å². The number of fused-ring (bicyclic) bond motifs is 1. The topological polar surface area (TPSA) is 32.3 Å². The number of likely N-dealkylation sites (N-methyl/N-ethyl adjacent to an activating group) is 1. The molecule has 0 atom stereocenters. The maximum Gasteiger partial charge on any atom is 0.256 e. The Balaban J connectivity index is 1.84. The van der Waals surface area contributed by atoms with E-state index in [1.165, 1.54) is 11.3 Å². The van der Waals surface area contributed by atoms with Gasteiger partial charge >= 0.3 is 0 Å². The molecule has 5 heteroatoms. The highest BCUT2D eigenvalue weighted by Gasteiger charge is 2.18. The third-order valence-corrected chi connectivity index (χ3v) is 5.32. The van der Waals surface area contributed by atoms with Gasteiger partial charge in [-0.1, -0.05) is 22.0 Å². The number of carbonyl (C=O) groups is 1. The minimum Gasteiger partial charge on any atom is -0.371 e. The molecule has 0 unspecified atom stereocenters. The monoisotopic (exact) mass is 470 g/mol. The molecule has 0 saturated heterocycles. The van der Waals surface area contributed by atoms with Gasteiger partial charge in [0.15, 0.2) is 0 Å². The molecule has 2 aromatic carbocycles. The fourth-order valence-electron chi connectivity index (χ4n) is 2.72.